The Morgan fingerprint density at radius 1 is 1.36 bits per heavy atom. The van der Waals surface area contributed by atoms with E-state index in [4.69, 9.17) is 11.6 Å². The number of aryl methyl sites for hydroxylation is 2. The summed E-state index contributed by atoms with van der Waals surface area (Å²) in [4.78, 5) is 31.2. The van der Waals surface area contributed by atoms with Crippen LogP contribution in [0.2, 0.25) is 5.02 Å². The van der Waals surface area contributed by atoms with Crippen LogP contribution in [0.3, 0.4) is 0 Å². The summed E-state index contributed by atoms with van der Waals surface area (Å²) in [5.74, 6) is 0.200. The van der Waals surface area contributed by atoms with Crippen molar-refractivity contribution in [3.63, 3.8) is 0 Å². The van der Waals surface area contributed by atoms with Gasteiger partial charge in [0.1, 0.15) is 6.54 Å². The van der Waals surface area contributed by atoms with Gasteiger partial charge in [-0.25, -0.2) is 4.98 Å². The maximum atomic E-state index is 12.7. The lowest BCUT2D eigenvalue weighted by Crippen LogP contribution is -2.44. The Labute approximate surface area is 151 Å². The van der Waals surface area contributed by atoms with Crippen LogP contribution in [-0.4, -0.2) is 49.0 Å². The largest absolute Gasteiger partial charge is 0.340 e. The third-order valence-electron chi connectivity index (χ3n) is 4.76. The number of nitrogens with zero attached hydrogens (tertiary/aromatic N) is 5. The second-order valence-electron chi connectivity index (χ2n) is 6.55. The molecule has 1 atom stereocenters. The van der Waals surface area contributed by atoms with E-state index in [0.717, 1.165) is 18.5 Å². The van der Waals surface area contributed by atoms with Crippen molar-refractivity contribution in [2.24, 2.45) is 13.0 Å². The van der Waals surface area contributed by atoms with Gasteiger partial charge in [-0.05, 0) is 26.7 Å². The molecule has 3 rings (SSSR count). The van der Waals surface area contributed by atoms with Gasteiger partial charge < -0.3 is 9.47 Å². The van der Waals surface area contributed by atoms with Crippen molar-refractivity contribution in [3.8, 4) is 0 Å². The molecule has 1 aliphatic heterocycles. The van der Waals surface area contributed by atoms with E-state index in [1.165, 1.54) is 0 Å². The van der Waals surface area contributed by atoms with Crippen LogP contribution in [0.1, 0.15) is 34.8 Å². The van der Waals surface area contributed by atoms with Gasteiger partial charge in [-0.2, -0.15) is 5.10 Å². The molecular formula is C17H22ClN5O2. The number of halogens is 1. The predicted octanol–water partition coefficient (Wildman–Crippen LogP) is 2.01. The smallest absolute Gasteiger partial charge is 0.244 e. The maximum Gasteiger partial charge on any atom is 0.244 e. The number of ketones is 1. The highest BCUT2D eigenvalue weighted by Crippen LogP contribution is 2.22. The number of hydrogen-bond acceptors (Lipinski definition) is 4. The lowest BCUT2D eigenvalue weighted by atomic mass is 9.93. The summed E-state index contributed by atoms with van der Waals surface area (Å²) in [6, 6.07) is 0. The summed E-state index contributed by atoms with van der Waals surface area (Å²) in [5, 5.41) is 4.90. The number of rotatable bonds is 4. The van der Waals surface area contributed by atoms with Crippen molar-refractivity contribution in [3.05, 3.63) is 34.6 Å². The maximum absolute atomic E-state index is 12.7. The van der Waals surface area contributed by atoms with Crippen molar-refractivity contribution >= 4 is 23.3 Å². The van der Waals surface area contributed by atoms with Crippen LogP contribution < -0.4 is 0 Å². The fraction of sp³-hybridized carbons (Fsp3) is 0.529. The average Bonchev–Trinajstić information content (AvgIpc) is 3.13. The zero-order valence-corrected chi connectivity index (χ0v) is 15.5. The Bertz CT molecular complexity index is 810. The molecule has 0 spiro atoms. The van der Waals surface area contributed by atoms with Gasteiger partial charge in [0.25, 0.3) is 0 Å². The van der Waals surface area contributed by atoms with Crippen molar-refractivity contribution in [2.75, 3.05) is 13.1 Å². The molecule has 1 amide bonds. The van der Waals surface area contributed by atoms with E-state index in [0.29, 0.717) is 29.6 Å². The molecule has 8 heteroatoms. The molecule has 0 bridgehead atoms. The monoisotopic (exact) mass is 363 g/mol. The summed E-state index contributed by atoms with van der Waals surface area (Å²) in [6.45, 7) is 4.90. The minimum atomic E-state index is -0.206. The molecule has 0 saturated carbocycles. The number of piperidine rings is 1. The highest BCUT2D eigenvalue weighted by molar-refractivity contribution is 6.31. The van der Waals surface area contributed by atoms with Gasteiger partial charge in [0.05, 0.1) is 16.4 Å². The molecule has 3 heterocycles. The molecule has 1 fully saturated rings. The zero-order valence-electron chi connectivity index (χ0n) is 14.7. The van der Waals surface area contributed by atoms with Crippen molar-refractivity contribution in [1.82, 2.24) is 24.2 Å². The Balaban J connectivity index is 1.68. The van der Waals surface area contributed by atoms with Crippen LogP contribution in [0, 0.1) is 19.8 Å². The average molecular weight is 364 g/mol. The minimum Gasteiger partial charge on any atom is -0.340 e. The summed E-state index contributed by atoms with van der Waals surface area (Å²) >= 11 is 6.14. The van der Waals surface area contributed by atoms with Crippen molar-refractivity contribution in [1.29, 1.82) is 0 Å². The van der Waals surface area contributed by atoms with Gasteiger partial charge in [-0.15, -0.1) is 0 Å². The Hall–Kier alpha value is -2.15. The molecule has 0 aromatic carbocycles. The molecule has 25 heavy (non-hydrogen) atoms. The number of amides is 1. The molecule has 2 aromatic heterocycles. The van der Waals surface area contributed by atoms with Crippen LogP contribution in [0.15, 0.2) is 12.4 Å². The van der Waals surface area contributed by atoms with Gasteiger partial charge in [0.15, 0.2) is 5.82 Å². The summed E-state index contributed by atoms with van der Waals surface area (Å²) in [5.41, 5.74) is 1.50. The van der Waals surface area contributed by atoms with Crippen LogP contribution in [0.25, 0.3) is 0 Å². The SMILES string of the molecule is Cc1nn(CC(=O)N2CCCC(C(=O)c3nccn3C)C2)c(C)c1Cl. The quantitative estimate of drug-likeness (QED) is 0.779. The predicted molar refractivity (Wildman–Crippen MR) is 93.6 cm³/mol. The van der Waals surface area contributed by atoms with E-state index in [9.17, 15) is 9.59 Å². The summed E-state index contributed by atoms with van der Waals surface area (Å²) in [7, 11) is 1.80. The molecule has 1 saturated heterocycles. The fourth-order valence-corrected chi connectivity index (χ4v) is 3.40. The fourth-order valence-electron chi connectivity index (χ4n) is 3.26. The number of carbonyl (C=O) groups is 2. The van der Waals surface area contributed by atoms with Gasteiger partial charge in [-0.3, -0.25) is 14.3 Å². The second kappa shape index (κ2) is 7.00. The minimum absolute atomic E-state index is 0.000779. The van der Waals surface area contributed by atoms with E-state index < -0.39 is 0 Å². The second-order valence-corrected chi connectivity index (χ2v) is 6.93. The number of imidazole rings is 1. The summed E-state index contributed by atoms with van der Waals surface area (Å²) < 4.78 is 3.35. The first-order chi connectivity index (χ1) is 11.9. The normalized spacial score (nSPS) is 17.8. The molecule has 134 valence electrons. The number of hydrogen-bond donors (Lipinski definition) is 0. The molecule has 0 radical (unpaired) electrons. The van der Waals surface area contributed by atoms with Crippen molar-refractivity contribution < 1.29 is 9.59 Å². The molecular weight excluding hydrogens is 342 g/mol. The van der Waals surface area contributed by atoms with Crippen molar-refractivity contribution in [2.45, 2.75) is 33.2 Å². The number of aromatic nitrogens is 4. The molecule has 7 nitrogen and oxygen atoms in total. The molecule has 0 aliphatic carbocycles. The third-order valence-corrected chi connectivity index (χ3v) is 5.31. The standard InChI is InChI=1S/C17H22ClN5O2/c1-11-15(18)12(2)23(20-11)10-14(24)22-7-4-5-13(9-22)16(25)17-19-6-8-21(17)3/h6,8,13H,4-5,7,9-10H2,1-3H3. The van der Waals surface area contributed by atoms with Gasteiger partial charge >= 0.3 is 0 Å². The molecule has 2 aromatic rings. The van der Waals surface area contributed by atoms with Gasteiger partial charge in [0, 0.05) is 38.4 Å². The lowest BCUT2D eigenvalue weighted by molar-refractivity contribution is -0.133. The first kappa shape index (κ1) is 17.7. The number of Topliss-reactive ketones (excluding diaryl/α,β-unsaturated/α-hetero) is 1. The molecule has 0 N–H and O–H groups in total. The van der Waals surface area contributed by atoms with Crippen LogP contribution >= 0.6 is 11.6 Å². The highest BCUT2D eigenvalue weighted by Gasteiger charge is 2.31. The highest BCUT2D eigenvalue weighted by atomic mass is 35.5. The topological polar surface area (TPSA) is 73.0 Å². The first-order valence-corrected chi connectivity index (χ1v) is 8.75. The Morgan fingerprint density at radius 3 is 2.72 bits per heavy atom. The first-order valence-electron chi connectivity index (χ1n) is 8.37. The molecule has 1 aliphatic rings. The zero-order chi connectivity index (χ0) is 18.1. The van der Waals surface area contributed by atoms with E-state index >= 15 is 0 Å². The van der Waals surface area contributed by atoms with E-state index in [-0.39, 0.29) is 24.2 Å². The Kier molecular flexibility index (Phi) is 4.94. The molecule has 1 unspecified atom stereocenters. The van der Waals surface area contributed by atoms with Crippen LogP contribution in [0.5, 0.6) is 0 Å². The van der Waals surface area contributed by atoms with Gasteiger partial charge in [0.2, 0.25) is 11.7 Å². The lowest BCUT2D eigenvalue weighted by Gasteiger charge is -2.32. The third kappa shape index (κ3) is 3.46. The number of likely N-dealkylation sites (tertiary alicyclic amines) is 1. The van der Waals surface area contributed by atoms with Gasteiger partial charge in [-0.1, -0.05) is 11.6 Å². The Morgan fingerprint density at radius 2 is 2.12 bits per heavy atom. The van der Waals surface area contributed by atoms with Crippen LogP contribution in [0.4, 0.5) is 0 Å². The van der Waals surface area contributed by atoms with Crippen LogP contribution in [-0.2, 0) is 18.4 Å². The summed E-state index contributed by atoms with van der Waals surface area (Å²) in [6.07, 6.45) is 4.96. The number of carbonyl (C=O) groups excluding carboxylic acids is 2. The van der Waals surface area contributed by atoms with E-state index in [1.54, 1.807) is 33.6 Å². The van der Waals surface area contributed by atoms with E-state index in [1.807, 2.05) is 13.8 Å². The van der Waals surface area contributed by atoms with E-state index in [2.05, 4.69) is 10.1 Å².